The van der Waals surface area contributed by atoms with Crippen LogP contribution in [0.15, 0.2) is 119 Å². The van der Waals surface area contributed by atoms with Gasteiger partial charge in [0.05, 0.1) is 10.6 Å². The molecule has 0 fully saturated rings. The summed E-state index contributed by atoms with van der Waals surface area (Å²) in [5, 5.41) is 3.06. The fraction of sp³-hybridized carbons (Fsp3) is 0.257. The second-order valence-electron chi connectivity index (χ2n) is 10.8. The standard InChI is InChI=1S/C35H38BrN3O4S/c1-4-27(3)37-35(41)33(22-28-15-7-5-8-16-28)38(24-29-17-12-11-14-26(29)2)34(40)25-39(31-19-13-18-30(36)23-31)44(42,43)32-20-9-6-10-21-32/h5-21,23,27,33H,4,22,24-25H2,1-3H3,(H,37,41). The van der Waals surface area contributed by atoms with E-state index < -0.39 is 28.5 Å². The molecule has 0 spiro atoms. The summed E-state index contributed by atoms with van der Waals surface area (Å²) < 4.78 is 29.9. The lowest BCUT2D eigenvalue weighted by Gasteiger charge is -2.34. The molecule has 230 valence electrons. The number of hydrogen-bond donors (Lipinski definition) is 1. The van der Waals surface area contributed by atoms with Gasteiger partial charge in [0.25, 0.3) is 10.0 Å². The van der Waals surface area contributed by atoms with Gasteiger partial charge in [-0.05, 0) is 67.3 Å². The van der Waals surface area contributed by atoms with Gasteiger partial charge in [0.1, 0.15) is 12.6 Å². The van der Waals surface area contributed by atoms with Gasteiger partial charge in [-0.25, -0.2) is 8.42 Å². The van der Waals surface area contributed by atoms with Gasteiger partial charge in [0, 0.05) is 23.5 Å². The van der Waals surface area contributed by atoms with E-state index in [4.69, 9.17) is 0 Å². The predicted molar refractivity (Wildman–Crippen MR) is 179 cm³/mol. The zero-order valence-corrected chi connectivity index (χ0v) is 27.6. The summed E-state index contributed by atoms with van der Waals surface area (Å²) in [7, 11) is -4.14. The molecule has 44 heavy (non-hydrogen) atoms. The average Bonchev–Trinajstić information content (AvgIpc) is 3.03. The number of carbonyl (C=O) groups excluding carboxylic acids is 2. The van der Waals surface area contributed by atoms with E-state index in [1.165, 1.54) is 17.0 Å². The van der Waals surface area contributed by atoms with E-state index in [0.29, 0.717) is 10.2 Å². The van der Waals surface area contributed by atoms with Crippen molar-refractivity contribution in [1.29, 1.82) is 0 Å². The molecule has 0 aliphatic heterocycles. The first kappa shape index (κ1) is 33.0. The largest absolute Gasteiger partial charge is 0.352 e. The molecule has 2 amide bonds. The minimum absolute atomic E-state index is 0.0635. The van der Waals surface area contributed by atoms with Crippen LogP contribution in [-0.2, 0) is 32.6 Å². The van der Waals surface area contributed by atoms with Crippen LogP contribution in [0.5, 0.6) is 0 Å². The lowest BCUT2D eigenvalue weighted by Crippen LogP contribution is -2.54. The van der Waals surface area contributed by atoms with Gasteiger partial charge in [-0.15, -0.1) is 0 Å². The Hall–Kier alpha value is -3.95. The van der Waals surface area contributed by atoms with Gasteiger partial charge >= 0.3 is 0 Å². The Labute approximate surface area is 269 Å². The molecule has 4 aromatic carbocycles. The van der Waals surface area contributed by atoms with Gasteiger partial charge in [-0.1, -0.05) is 102 Å². The fourth-order valence-electron chi connectivity index (χ4n) is 4.85. The Bertz CT molecular complexity index is 1670. The number of sulfonamides is 1. The number of aryl methyl sites for hydroxylation is 1. The summed E-state index contributed by atoms with van der Waals surface area (Å²) in [6.07, 6.45) is 0.991. The Morgan fingerprint density at radius 3 is 2.14 bits per heavy atom. The van der Waals surface area contributed by atoms with Crippen LogP contribution in [0.25, 0.3) is 0 Å². The number of nitrogens with one attached hydrogen (secondary N) is 1. The van der Waals surface area contributed by atoms with E-state index in [-0.39, 0.29) is 29.8 Å². The molecule has 0 aliphatic carbocycles. The summed E-state index contributed by atoms with van der Waals surface area (Å²) in [5.74, 6) is -0.780. The third-order valence-electron chi connectivity index (χ3n) is 7.58. The van der Waals surface area contributed by atoms with Crippen LogP contribution in [0.3, 0.4) is 0 Å². The zero-order chi connectivity index (χ0) is 31.7. The minimum atomic E-state index is -4.14. The summed E-state index contributed by atoms with van der Waals surface area (Å²) in [5.41, 5.74) is 3.05. The van der Waals surface area contributed by atoms with Crippen molar-refractivity contribution in [2.75, 3.05) is 10.8 Å². The molecule has 7 nitrogen and oxygen atoms in total. The maximum atomic E-state index is 14.5. The molecule has 0 radical (unpaired) electrons. The number of nitrogens with zero attached hydrogens (tertiary/aromatic N) is 2. The lowest BCUT2D eigenvalue weighted by atomic mass is 10.0. The van der Waals surface area contributed by atoms with Crippen LogP contribution in [0.2, 0.25) is 0 Å². The highest BCUT2D eigenvalue weighted by Crippen LogP contribution is 2.27. The van der Waals surface area contributed by atoms with Gasteiger partial charge in [-0.2, -0.15) is 0 Å². The number of hydrogen-bond acceptors (Lipinski definition) is 4. The van der Waals surface area contributed by atoms with E-state index >= 15 is 0 Å². The molecule has 4 aromatic rings. The first-order valence-corrected chi connectivity index (χ1v) is 16.8. The highest BCUT2D eigenvalue weighted by Gasteiger charge is 2.35. The molecule has 2 atom stereocenters. The Kier molecular flexibility index (Phi) is 11.4. The van der Waals surface area contributed by atoms with Crippen molar-refractivity contribution < 1.29 is 18.0 Å². The van der Waals surface area contributed by atoms with E-state index in [1.807, 2.05) is 75.4 Å². The first-order chi connectivity index (χ1) is 21.1. The van der Waals surface area contributed by atoms with Crippen molar-refractivity contribution in [2.45, 2.75) is 57.1 Å². The van der Waals surface area contributed by atoms with Gasteiger partial charge in [0.2, 0.25) is 11.8 Å². The third-order valence-corrected chi connectivity index (χ3v) is 9.86. The van der Waals surface area contributed by atoms with Crippen LogP contribution in [-0.4, -0.2) is 43.8 Å². The molecule has 0 saturated heterocycles. The van der Waals surface area contributed by atoms with Crippen molar-refractivity contribution in [3.05, 3.63) is 130 Å². The van der Waals surface area contributed by atoms with Crippen molar-refractivity contribution in [1.82, 2.24) is 10.2 Å². The van der Waals surface area contributed by atoms with Gasteiger partial charge in [-0.3, -0.25) is 13.9 Å². The summed E-state index contributed by atoms with van der Waals surface area (Å²) in [4.78, 5) is 30.0. The van der Waals surface area contributed by atoms with Crippen LogP contribution in [0.4, 0.5) is 5.69 Å². The van der Waals surface area contributed by atoms with Crippen LogP contribution in [0.1, 0.15) is 37.0 Å². The number of carbonyl (C=O) groups is 2. The van der Waals surface area contributed by atoms with Gasteiger partial charge < -0.3 is 10.2 Å². The number of benzene rings is 4. The normalized spacial score (nSPS) is 12.6. The van der Waals surface area contributed by atoms with Crippen molar-refractivity contribution in [3.8, 4) is 0 Å². The summed E-state index contributed by atoms with van der Waals surface area (Å²) in [6.45, 7) is 5.50. The van der Waals surface area contributed by atoms with E-state index in [9.17, 15) is 18.0 Å². The molecule has 2 unspecified atom stereocenters. The average molecular weight is 677 g/mol. The van der Waals surface area contributed by atoms with Crippen LogP contribution in [0, 0.1) is 6.92 Å². The molecule has 0 aliphatic rings. The maximum Gasteiger partial charge on any atom is 0.264 e. The molecule has 0 aromatic heterocycles. The van der Waals surface area contributed by atoms with Crippen molar-refractivity contribution in [3.63, 3.8) is 0 Å². The molecule has 0 bridgehead atoms. The predicted octanol–water partition coefficient (Wildman–Crippen LogP) is 6.51. The zero-order valence-electron chi connectivity index (χ0n) is 25.2. The second-order valence-corrected chi connectivity index (χ2v) is 13.6. The summed E-state index contributed by atoms with van der Waals surface area (Å²) >= 11 is 3.44. The van der Waals surface area contributed by atoms with E-state index in [2.05, 4.69) is 21.2 Å². The van der Waals surface area contributed by atoms with Gasteiger partial charge in [0.15, 0.2) is 0 Å². The summed E-state index contributed by atoms with van der Waals surface area (Å²) in [6, 6.07) is 31.1. The smallest absolute Gasteiger partial charge is 0.264 e. The number of anilines is 1. The molecule has 9 heteroatoms. The van der Waals surface area contributed by atoms with E-state index in [0.717, 1.165) is 27.4 Å². The Balaban J connectivity index is 1.81. The molecule has 4 rings (SSSR count). The molecule has 0 heterocycles. The third kappa shape index (κ3) is 8.36. The number of rotatable bonds is 13. The quantitative estimate of drug-likeness (QED) is 0.175. The Morgan fingerprint density at radius 2 is 1.50 bits per heavy atom. The monoisotopic (exact) mass is 675 g/mol. The number of amides is 2. The SMILES string of the molecule is CCC(C)NC(=O)C(Cc1ccccc1)N(Cc1ccccc1C)C(=O)CN(c1cccc(Br)c1)S(=O)(=O)c1ccccc1. The topological polar surface area (TPSA) is 86.8 Å². The van der Waals surface area contributed by atoms with Crippen molar-refractivity contribution >= 4 is 43.5 Å². The fourth-order valence-corrected chi connectivity index (χ4v) is 6.66. The second kappa shape index (κ2) is 15.2. The molecular formula is C35H38BrN3O4S. The Morgan fingerprint density at radius 1 is 0.864 bits per heavy atom. The maximum absolute atomic E-state index is 14.5. The van der Waals surface area contributed by atoms with Crippen molar-refractivity contribution in [2.24, 2.45) is 0 Å². The molecule has 0 saturated carbocycles. The lowest BCUT2D eigenvalue weighted by molar-refractivity contribution is -0.140. The number of halogens is 1. The van der Waals surface area contributed by atoms with Crippen LogP contribution >= 0.6 is 15.9 Å². The highest BCUT2D eigenvalue weighted by molar-refractivity contribution is 9.10. The first-order valence-electron chi connectivity index (χ1n) is 14.6. The highest BCUT2D eigenvalue weighted by atomic mass is 79.9. The molecule has 1 N–H and O–H groups in total. The van der Waals surface area contributed by atoms with Crippen LogP contribution < -0.4 is 9.62 Å². The van der Waals surface area contributed by atoms with E-state index in [1.54, 1.807) is 42.5 Å². The molecular weight excluding hydrogens is 638 g/mol. The minimum Gasteiger partial charge on any atom is -0.352 e.